The van der Waals surface area contributed by atoms with Crippen molar-refractivity contribution in [3.05, 3.63) is 57.3 Å². The zero-order valence-corrected chi connectivity index (χ0v) is 13.6. The summed E-state index contributed by atoms with van der Waals surface area (Å²) in [5.74, 6) is -0.382. The van der Waals surface area contributed by atoms with Gasteiger partial charge in [-0.1, -0.05) is 25.0 Å². The predicted octanol–water partition coefficient (Wildman–Crippen LogP) is 3.82. The van der Waals surface area contributed by atoms with Crippen molar-refractivity contribution in [2.24, 2.45) is 0 Å². The molecule has 0 unspecified atom stereocenters. The van der Waals surface area contributed by atoms with Crippen molar-refractivity contribution in [2.45, 2.75) is 45.3 Å². The normalized spacial score (nSPS) is 14.7. The van der Waals surface area contributed by atoms with Gasteiger partial charge in [-0.25, -0.2) is 4.39 Å². The molecule has 2 aromatic rings. The molecule has 0 aliphatic heterocycles. The van der Waals surface area contributed by atoms with Crippen molar-refractivity contribution in [3.63, 3.8) is 0 Å². The summed E-state index contributed by atoms with van der Waals surface area (Å²) in [6.45, 7) is 1.97. The Bertz CT molecular complexity index is 845. The minimum atomic E-state index is -0.457. The maximum atomic E-state index is 14.4. The Balaban J connectivity index is 1.87. The van der Waals surface area contributed by atoms with Crippen molar-refractivity contribution in [1.82, 2.24) is 4.98 Å². The van der Waals surface area contributed by atoms with E-state index in [2.05, 4.69) is 4.98 Å². The fourth-order valence-corrected chi connectivity index (χ4v) is 3.12. The van der Waals surface area contributed by atoms with E-state index in [1.807, 2.05) is 6.07 Å². The highest BCUT2D eigenvalue weighted by Gasteiger charge is 2.17. The summed E-state index contributed by atoms with van der Waals surface area (Å²) in [7, 11) is 0. The van der Waals surface area contributed by atoms with Gasteiger partial charge in [0.15, 0.2) is 0 Å². The molecule has 5 heteroatoms. The van der Waals surface area contributed by atoms with Gasteiger partial charge in [-0.3, -0.25) is 4.79 Å². The molecule has 0 saturated heterocycles. The van der Waals surface area contributed by atoms with Gasteiger partial charge in [0.25, 0.3) is 5.56 Å². The number of aryl methyl sites for hydroxylation is 1. The lowest BCUT2D eigenvalue weighted by Crippen LogP contribution is -2.13. The van der Waals surface area contributed by atoms with Crippen LogP contribution in [0.3, 0.4) is 0 Å². The first-order valence-electron chi connectivity index (χ1n) is 8.13. The number of pyridine rings is 1. The SMILES string of the molecule is Cc1cc(-c2ccc(COC3CCCC3)c(F)c2)c(C#N)c(=O)[nH]1. The zero-order valence-electron chi connectivity index (χ0n) is 13.6. The average Bonchev–Trinajstić information content (AvgIpc) is 3.06. The second-order valence-electron chi connectivity index (χ2n) is 6.21. The number of H-pyrrole nitrogens is 1. The number of nitrogens with zero attached hydrogens (tertiary/aromatic N) is 1. The standard InChI is InChI=1S/C19H19FN2O2/c1-12-8-16(17(10-21)19(23)22-12)13-6-7-14(18(20)9-13)11-24-15-4-2-3-5-15/h6-9,15H,2-5,11H2,1H3,(H,22,23). The monoisotopic (exact) mass is 326 g/mol. The van der Waals surface area contributed by atoms with E-state index >= 15 is 0 Å². The van der Waals surface area contributed by atoms with Gasteiger partial charge >= 0.3 is 0 Å². The molecule has 0 amide bonds. The number of aromatic amines is 1. The van der Waals surface area contributed by atoms with Crippen LogP contribution < -0.4 is 5.56 Å². The van der Waals surface area contributed by atoms with Crippen LogP contribution in [0.2, 0.25) is 0 Å². The molecule has 4 nitrogen and oxygen atoms in total. The maximum Gasteiger partial charge on any atom is 0.266 e. The highest BCUT2D eigenvalue weighted by Crippen LogP contribution is 2.26. The van der Waals surface area contributed by atoms with Gasteiger partial charge in [0.2, 0.25) is 0 Å². The quantitative estimate of drug-likeness (QED) is 0.929. The van der Waals surface area contributed by atoms with Crippen LogP contribution in [-0.2, 0) is 11.3 Å². The summed E-state index contributed by atoms with van der Waals surface area (Å²) < 4.78 is 20.1. The van der Waals surface area contributed by atoms with Crippen LogP contribution >= 0.6 is 0 Å². The molecular weight excluding hydrogens is 307 g/mol. The van der Waals surface area contributed by atoms with Crippen LogP contribution in [0.1, 0.15) is 42.5 Å². The molecule has 0 spiro atoms. The number of hydrogen-bond donors (Lipinski definition) is 1. The van der Waals surface area contributed by atoms with Crippen LogP contribution in [0.25, 0.3) is 11.1 Å². The van der Waals surface area contributed by atoms with E-state index in [4.69, 9.17) is 4.74 Å². The molecule has 1 heterocycles. The van der Waals surface area contributed by atoms with Crippen LogP contribution in [0, 0.1) is 24.1 Å². The summed E-state index contributed by atoms with van der Waals surface area (Å²) in [5, 5.41) is 9.20. The summed E-state index contributed by atoms with van der Waals surface area (Å²) in [4.78, 5) is 14.5. The van der Waals surface area contributed by atoms with Gasteiger partial charge in [-0.05, 0) is 37.5 Å². The lowest BCUT2D eigenvalue weighted by Gasteiger charge is -2.12. The van der Waals surface area contributed by atoms with E-state index in [1.54, 1.807) is 25.1 Å². The number of nitrogens with one attached hydrogen (secondary N) is 1. The van der Waals surface area contributed by atoms with E-state index in [0.717, 1.165) is 12.8 Å². The second-order valence-corrected chi connectivity index (χ2v) is 6.21. The third-order valence-electron chi connectivity index (χ3n) is 4.42. The molecule has 1 aliphatic carbocycles. The molecule has 1 fully saturated rings. The average molecular weight is 326 g/mol. The number of aromatic nitrogens is 1. The van der Waals surface area contributed by atoms with Crippen LogP contribution in [0.4, 0.5) is 4.39 Å². The van der Waals surface area contributed by atoms with Gasteiger partial charge in [0.05, 0.1) is 12.7 Å². The van der Waals surface area contributed by atoms with E-state index < -0.39 is 5.56 Å². The first-order valence-corrected chi connectivity index (χ1v) is 8.13. The van der Waals surface area contributed by atoms with Gasteiger partial charge in [0, 0.05) is 16.8 Å². The number of hydrogen-bond acceptors (Lipinski definition) is 3. The Morgan fingerprint density at radius 2 is 2.08 bits per heavy atom. The summed E-state index contributed by atoms with van der Waals surface area (Å²) in [6.07, 6.45) is 4.65. The lowest BCUT2D eigenvalue weighted by molar-refractivity contribution is 0.0441. The molecule has 1 aromatic carbocycles. The number of halogens is 1. The first kappa shape index (κ1) is 16.4. The molecule has 1 saturated carbocycles. The number of benzene rings is 1. The Hall–Kier alpha value is -2.45. The molecule has 3 rings (SSSR count). The van der Waals surface area contributed by atoms with Gasteiger partial charge in [0.1, 0.15) is 17.4 Å². The Labute approximate surface area is 139 Å². The summed E-state index contributed by atoms with van der Waals surface area (Å²) in [6, 6.07) is 8.33. The zero-order chi connectivity index (χ0) is 17.1. The number of nitriles is 1. The third kappa shape index (κ3) is 3.39. The van der Waals surface area contributed by atoms with Crippen molar-refractivity contribution >= 4 is 0 Å². The second kappa shape index (κ2) is 6.98. The Kier molecular flexibility index (Phi) is 4.77. The lowest BCUT2D eigenvalue weighted by atomic mass is 9.99. The first-order chi connectivity index (χ1) is 11.6. The molecule has 0 radical (unpaired) electrons. The molecule has 0 atom stereocenters. The number of ether oxygens (including phenoxy) is 1. The highest BCUT2D eigenvalue weighted by molar-refractivity contribution is 5.70. The minimum Gasteiger partial charge on any atom is -0.373 e. The highest BCUT2D eigenvalue weighted by atomic mass is 19.1. The predicted molar refractivity (Wildman–Crippen MR) is 89.0 cm³/mol. The molecule has 24 heavy (non-hydrogen) atoms. The smallest absolute Gasteiger partial charge is 0.266 e. The fraction of sp³-hybridized carbons (Fsp3) is 0.368. The summed E-state index contributed by atoms with van der Waals surface area (Å²) in [5.41, 5.74) is 1.62. The van der Waals surface area contributed by atoms with Crippen molar-refractivity contribution < 1.29 is 9.13 Å². The van der Waals surface area contributed by atoms with E-state index in [1.165, 1.54) is 18.9 Å². The fourth-order valence-electron chi connectivity index (χ4n) is 3.12. The van der Waals surface area contributed by atoms with E-state index in [9.17, 15) is 14.4 Å². The largest absolute Gasteiger partial charge is 0.373 e. The summed E-state index contributed by atoms with van der Waals surface area (Å²) >= 11 is 0. The molecular formula is C19H19FN2O2. The van der Waals surface area contributed by atoms with Crippen LogP contribution in [0.15, 0.2) is 29.1 Å². The number of rotatable bonds is 4. The van der Waals surface area contributed by atoms with Gasteiger partial charge in [-0.15, -0.1) is 0 Å². The molecule has 0 bridgehead atoms. The van der Waals surface area contributed by atoms with Gasteiger partial charge in [-0.2, -0.15) is 5.26 Å². The topological polar surface area (TPSA) is 65.9 Å². The molecule has 124 valence electrons. The third-order valence-corrected chi connectivity index (χ3v) is 4.42. The Morgan fingerprint density at radius 1 is 1.33 bits per heavy atom. The van der Waals surface area contributed by atoms with Gasteiger partial charge < -0.3 is 9.72 Å². The molecule has 1 aliphatic rings. The van der Waals surface area contributed by atoms with Crippen molar-refractivity contribution in [3.8, 4) is 17.2 Å². The molecule has 1 aromatic heterocycles. The van der Waals surface area contributed by atoms with Crippen LogP contribution in [-0.4, -0.2) is 11.1 Å². The minimum absolute atomic E-state index is 0.00467. The van der Waals surface area contributed by atoms with E-state index in [-0.39, 0.29) is 24.1 Å². The molecule has 1 N–H and O–H groups in total. The van der Waals surface area contributed by atoms with Crippen molar-refractivity contribution in [1.29, 1.82) is 5.26 Å². The Morgan fingerprint density at radius 3 is 2.75 bits per heavy atom. The van der Waals surface area contributed by atoms with Crippen LogP contribution in [0.5, 0.6) is 0 Å². The maximum absolute atomic E-state index is 14.4. The van der Waals surface area contributed by atoms with E-state index in [0.29, 0.717) is 22.4 Å². The van der Waals surface area contributed by atoms with Crippen molar-refractivity contribution in [2.75, 3.05) is 0 Å².